The van der Waals surface area contributed by atoms with Gasteiger partial charge in [-0.2, -0.15) is 0 Å². The van der Waals surface area contributed by atoms with Gasteiger partial charge in [-0.25, -0.2) is 4.79 Å². The van der Waals surface area contributed by atoms with Crippen LogP contribution in [0.4, 0.5) is 0 Å². The van der Waals surface area contributed by atoms with Crippen molar-refractivity contribution in [3.63, 3.8) is 0 Å². The third-order valence-electron chi connectivity index (χ3n) is 3.11. The summed E-state index contributed by atoms with van der Waals surface area (Å²) in [5, 5.41) is 3.27. The Hall–Kier alpha value is -1.97. The van der Waals surface area contributed by atoms with E-state index >= 15 is 0 Å². The first kappa shape index (κ1) is 12.5. The zero-order valence-corrected chi connectivity index (χ0v) is 10.7. The number of carbonyl (C=O) groups excluding carboxylic acids is 1. The van der Waals surface area contributed by atoms with E-state index in [9.17, 15) is 4.79 Å². The van der Waals surface area contributed by atoms with Crippen LogP contribution >= 0.6 is 0 Å². The second kappa shape index (κ2) is 5.58. The second-order valence-electron chi connectivity index (χ2n) is 4.11. The lowest BCUT2D eigenvalue weighted by molar-refractivity contribution is -0.136. The Bertz CT molecular complexity index is 480. The van der Waals surface area contributed by atoms with Crippen LogP contribution in [0.25, 0.3) is 0 Å². The summed E-state index contributed by atoms with van der Waals surface area (Å²) in [6.45, 7) is 0.653. The van der Waals surface area contributed by atoms with Crippen molar-refractivity contribution < 1.29 is 14.3 Å². The minimum absolute atomic E-state index is 0.233. The monoisotopic (exact) mass is 247 g/mol. The number of carbonyl (C=O) groups is 1. The molecule has 0 saturated heterocycles. The first-order chi connectivity index (χ1) is 8.76. The second-order valence-corrected chi connectivity index (χ2v) is 4.11. The third-order valence-corrected chi connectivity index (χ3v) is 3.11. The molecule has 0 spiro atoms. The molecule has 18 heavy (non-hydrogen) atoms. The highest BCUT2D eigenvalue weighted by molar-refractivity contribution is 5.90. The van der Waals surface area contributed by atoms with Gasteiger partial charge in [0.2, 0.25) is 0 Å². The molecule has 96 valence electrons. The molecule has 4 heteroatoms. The SMILES string of the molecule is COC(=O)C1=C(NCc2ccccc2OC)CC1. The number of benzene rings is 1. The lowest BCUT2D eigenvalue weighted by Crippen LogP contribution is -2.25. The summed E-state index contributed by atoms with van der Waals surface area (Å²) < 4.78 is 10.00. The summed E-state index contributed by atoms with van der Waals surface area (Å²) in [6.07, 6.45) is 1.69. The number of ether oxygens (including phenoxy) is 2. The first-order valence-electron chi connectivity index (χ1n) is 5.92. The van der Waals surface area contributed by atoms with Crippen molar-refractivity contribution >= 4 is 5.97 Å². The number of allylic oxidation sites excluding steroid dienone is 1. The topological polar surface area (TPSA) is 47.6 Å². The Balaban J connectivity index is 2.02. The molecule has 0 radical (unpaired) electrons. The van der Waals surface area contributed by atoms with Crippen LogP contribution in [0.15, 0.2) is 35.5 Å². The summed E-state index contributed by atoms with van der Waals surface area (Å²) >= 11 is 0. The molecule has 1 N–H and O–H groups in total. The average Bonchev–Trinajstić information content (AvgIpc) is 2.38. The van der Waals surface area contributed by atoms with Crippen molar-refractivity contribution in [3.8, 4) is 5.75 Å². The smallest absolute Gasteiger partial charge is 0.335 e. The van der Waals surface area contributed by atoms with E-state index in [-0.39, 0.29) is 5.97 Å². The highest BCUT2D eigenvalue weighted by Gasteiger charge is 2.24. The van der Waals surface area contributed by atoms with E-state index < -0.39 is 0 Å². The zero-order chi connectivity index (χ0) is 13.0. The van der Waals surface area contributed by atoms with E-state index in [0.29, 0.717) is 6.54 Å². The molecule has 0 heterocycles. The summed E-state index contributed by atoms with van der Waals surface area (Å²) in [7, 11) is 3.06. The van der Waals surface area contributed by atoms with Crippen molar-refractivity contribution in [2.75, 3.05) is 14.2 Å². The van der Waals surface area contributed by atoms with Gasteiger partial charge >= 0.3 is 5.97 Å². The van der Waals surface area contributed by atoms with E-state index in [1.807, 2.05) is 24.3 Å². The summed E-state index contributed by atoms with van der Waals surface area (Å²) in [4.78, 5) is 11.4. The van der Waals surface area contributed by atoms with Gasteiger partial charge in [-0.3, -0.25) is 0 Å². The number of rotatable bonds is 5. The van der Waals surface area contributed by atoms with E-state index in [1.54, 1.807) is 7.11 Å². The Kier molecular flexibility index (Phi) is 3.87. The Morgan fingerprint density at radius 1 is 1.28 bits per heavy atom. The van der Waals surface area contributed by atoms with Crippen LogP contribution in [0.5, 0.6) is 5.75 Å². The molecule has 4 nitrogen and oxygen atoms in total. The van der Waals surface area contributed by atoms with E-state index in [4.69, 9.17) is 9.47 Å². The van der Waals surface area contributed by atoms with Crippen molar-refractivity contribution in [2.45, 2.75) is 19.4 Å². The van der Waals surface area contributed by atoms with Crippen molar-refractivity contribution in [1.82, 2.24) is 5.32 Å². The number of nitrogens with one attached hydrogen (secondary N) is 1. The lowest BCUT2D eigenvalue weighted by Gasteiger charge is -2.23. The van der Waals surface area contributed by atoms with Gasteiger partial charge in [-0.15, -0.1) is 0 Å². The average molecular weight is 247 g/mol. The molecule has 1 aliphatic carbocycles. The van der Waals surface area contributed by atoms with Gasteiger partial charge in [0.15, 0.2) is 0 Å². The van der Waals surface area contributed by atoms with Gasteiger partial charge in [-0.05, 0) is 18.9 Å². The molecule has 0 bridgehead atoms. The van der Waals surface area contributed by atoms with Crippen LogP contribution in [-0.2, 0) is 16.1 Å². The van der Waals surface area contributed by atoms with Crippen molar-refractivity contribution in [3.05, 3.63) is 41.1 Å². The highest BCUT2D eigenvalue weighted by atomic mass is 16.5. The molecule has 0 unspecified atom stereocenters. The highest BCUT2D eigenvalue weighted by Crippen LogP contribution is 2.27. The fraction of sp³-hybridized carbons (Fsp3) is 0.357. The first-order valence-corrected chi connectivity index (χ1v) is 5.92. The van der Waals surface area contributed by atoms with Crippen LogP contribution in [0.3, 0.4) is 0 Å². The molecule has 0 aliphatic heterocycles. The fourth-order valence-electron chi connectivity index (χ4n) is 1.97. The van der Waals surface area contributed by atoms with E-state index in [0.717, 1.165) is 35.4 Å². The Morgan fingerprint density at radius 2 is 2.06 bits per heavy atom. The predicted octanol–water partition coefficient (Wildman–Crippen LogP) is 2.01. The molecule has 2 rings (SSSR count). The predicted molar refractivity (Wildman–Crippen MR) is 68.1 cm³/mol. The molecule has 0 atom stereocenters. The Morgan fingerprint density at radius 3 is 2.67 bits per heavy atom. The third kappa shape index (κ3) is 2.47. The van der Waals surface area contributed by atoms with Crippen LogP contribution in [0, 0.1) is 0 Å². The number of methoxy groups -OCH3 is 2. The van der Waals surface area contributed by atoms with Crippen LogP contribution in [-0.4, -0.2) is 20.2 Å². The molecule has 1 aromatic rings. The maximum atomic E-state index is 11.4. The molecule has 0 amide bonds. The summed E-state index contributed by atoms with van der Waals surface area (Å²) in [5.74, 6) is 0.619. The minimum atomic E-state index is -0.233. The van der Waals surface area contributed by atoms with Crippen molar-refractivity contribution in [2.24, 2.45) is 0 Å². The summed E-state index contributed by atoms with van der Waals surface area (Å²) in [6, 6.07) is 7.83. The minimum Gasteiger partial charge on any atom is -0.496 e. The zero-order valence-electron chi connectivity index (χ0n) is 10.7. The van der Waals surface area contributed by atoms with E-state index in [2.05, 4.69) is 5.32 Å². The molecule has 0 fully saturated rings. The quantitative estimate of drug-likeness (QED) is 0.808. The van der Waals surface area contributed by atoms with Gasteiger partial charge in [0.1, 0.15) is 5.75 Å². The molecule has 1 aliphatic rings. The molecule has 0 aromatic heterocycles. The summed E-state index contributed by atoms with van der Waals surface area (Å²) in [5.41, 5.74) is 2.81. The maximum absolute atomic E-state index is 11.4. The lowest BCUT2D eigenvalue weighted by atomic mass is 9.94. The Labute approximate surface area is 107 Å². The van der Waals surface area contributed by atoms with Gasteiger partial charge in [0.25, 0.3) is 0 Å². The standard InChI is InChI=1S/C14H17NO3/c1-17-13-6-4-3-5-10(13)9-15-12-8-7-11(12)14(16)18-2/h3-6,15H,7-9H2,1-2H3. The number of esters is 1. The van der Waals surface area contributed by atoms with Gasteiger partial charge < -0.3 is 14.8 Å². The number of hydrogen-bond donors (Lipinski definition) is 1. The maximum Gasteiger partial charge on any atom is 0.335 e. The van der Waals surface area contributed by atoms with Gasteiger partial charge in [-0.1, -0.05) is 18.2 Å². The van der Waals surface area contributed by atoms with Crippen LogP contribution in [0.1, 0.15) is 18.4 Å². The largest absolute Gasteiger partial charge is 0.496 e. The van der Waals surface area contributed by atoms with Crippen LogP contribution < -0.4 is 10.1 Å². The molecule has 0 saturated carbocycles. The number of para-hydroxylation sites is 1. The van der Waals surface area contributed by atoms with Crippen LogP contribution in [0.2, 0.25) is 0 Å². The molecule has 1 aromatic carbocycles. The number of hydrogen-bond acceptors (Lipinski definition) is 4. The fourth-order valence-corrected chi connectivity index (χ4v) is 1.97. The molecular weight excluding hydrogens is 230 g/mol. The van der Waals surface area contributed by atoms with Crippen molar-refractivity contribution in [1.29, 1.82) is 0 Å². The van der Waals surface area contributed by atoms with Gasteiger partial charge in [0, 0.05) is 17.8 Å². The van der Waals surface area contributed by atoms with E-state index in [1.165, 1.54) is 7.11 Å². The van der Waals surface area contributed by atoms with Gasteiger partial charge in [0.05, 0.1) is 19.8 Å². The molecular formula is C14H17NO3. The normalized spacial score (nSPS) is 13.9.